The molecular weight excluding hydrogens is 210 g/mol. The number of rotatable bonds is 6. The average molecular weight is 241 g/mol. The van der Waals surface area contributed by atoms with Crippen molar-refractivity contribution in [3.05, 3.63) is 0 Å². The number of nitrogens with one attached hydrogen (secondary N) is 1. The Labute approximate surface area is 108 Å². The van der Waals surface area contributed by atoms with Crippen molar-refractivity contribution in [1.82, 2.24) is 15.1 Å². The summed E-state index contributed by atoms with van der Waals surface area (Å²) in [5, 5.41) is 3.44. The summed E-state index contributed by atoms with van der Waals surface area (Å²) in [6.07, 6.45) is 0. The molecule has 0 spiro atoms. The van der Waals surface area contributed by atoms with Gasteiger partial charge in [0.15, 0.2) is 0 Å². The highest BCUT2D eigenvalue weighted by Crippen LogP contribution is 2.08. The molecule has 0 aliphatic carbocycles. The first-order valence-electron chi connectivity index (χ1n) is 7.15. The van der Waals surface area contributed by atoms with Gasteiger partial charge < -0.3 is 10.2 Å². The van der Waals surface area contributed by atoms with E-state index in [-0.39, 0.29) is 0 Å². The van der Waals surface area contributed by atoms with E-state index in [1.165, 1.54) is 39.3 Å². The molecular formula is C14H31N3. The monoisotopic (exact) mass is 241 g/mol. The quantitative estimate of drug-likeness (QED) is 0.760. The number of hydrogen-bond acceptors (Lipinski definition) is 3. The molecule has 0 saturated carbocycles. The van der Waals surface area contributed by atoms with Crippen molar-refractivity contribution in [2.75, 3.05) is 46.3 Å². The van der Waals surface area contributed by atoms with E-state index in [1.54, 1.807) is 0 Å². The van der Waals surface area contributed by atoms with Crippen LogP contribution in [0.1, 0.15) is 27.7 Å². The van der Waals surface area contributed by atoms with Crippen molar-refractivity contribution in [3.63, 3.8) is 0 Å². The standard InChI is InChI=1S/C14H31N3/c1-12(2)10-16-6-8-17(9-7-16)11-14(15-5)13(3)4/h12-15H,6-11H2,1-5H3. The van der Waals surface area contributed by atoms with Gasteiger partial charge >= 0.3 is 0 Å². The Morgan fingerprint density at radius 1 is 0.882 bits per heavy atom. The van der Waals surface area contributed by atoms with E-state index in [1.807, 2.05) is 0 Å². The molecule has 0 amide bonds. The molecule has 1 aliphatic rings. The topological polar surface area (TPSA) is 18.5 Å². The molecule has 1 atom stereocenters. The summed E-state index contributed by atoms with van der Waals surface area (Å²) in [6.45, 7) is 16.6. The highest BCUT2D eigenvalue weighted by Gasteiger charge is 2.20. The van der Waals surface area contributed by atoms with Crippen LogP contribution < -0.4 is 5.32 Å². The van der Waals surface area contributed by atoms with Crippen molar-refractivity contribution < 1.29 is 0 Å². The van der Waals surface area contributed by atoms with Crippen LogP contribution >= 0.6 is 0 Å². The zero-order chi connectivity index (χ0) is 12.8. The molecule has 1 heterocycles. The van der Waals surface area contributed by atoms with Crippen LogP contribution in [0.15, 0.2) is 0 Å². The molecule has 1 rings (SSSR count). The normalized spacial score (nSPS) is 21.4. The van der Waals surface area contributed by atoms with E-state index in [2.05, 4.69) is 49.9 Å². The lowest BCUT2D eigenvalue weighted by Gasteiger charge is -2.37. The Morgan fingerprint density at radius 2 is 1.35 bits per heavy atom. The van der Waals surface area contributed by atoms with E-state index in [4.69, 9.17) is 0 Å². The summed E-state index contributed by atoms with van der Waals surface area (Å²) in [6, 6.07) is 0.631. The third-order valence-corrected chi connectivity index (χ3v) is 3.72. The van der Waals surface area contributed by atoms with E-state index in [9.17, 15) is 0 Å². The van der Waals surface area contributed by atoms with Gasteiger partial charge in [-0.2, -0.15) is 0 Å². The number of nitrogens with zero attached hydrogens (tertiary/aromatic N) is 2. The Hall–Kier alpha value is -0.120. The molecule has 0 bridgehead atoms. The minimum absolute atomic E-state index is 0.631. The molecule has 0 aromatic rings. The first kappa shape index (κ1) is 14.9. The summed E-state index contributed by atoms with van der Waals surface area (Å²) in [5.41, 5.74) is 0. The number of piperazine rings is 1. The van der Waals surface area contributed by atoms with Gasteiger partial charge in [-0.15, -0.1) is 0 Å². The minimum Gasteiger partial charge on any atom is -0.315 e. The average Bonchev–Trinajstić information content (AvgIpc) is 2.26. The first-order valence-corrected chi connectivity index (χ1v) is 7.15. The van der Waals surface area contributed by atoms with E-state index in [0.29, 0.717) is 12.0 Å². The maximum Gasteiger partial charge on any atom is 0.0214 e. The molecule has 1 saturated heterocycles. The van der Waals surface area contributed by atoms with Crippen molar-refractivity contribution in [1.29, 1.82) is 0 Å². The van der Waals surface area contributed by atoms with Crippen LogP contribution in [-0.2, 0) is 0 Å². The predicted octanol–water partition coefficient (Wildman–Crippen LogP) is 1.50. The third-order valence-electron chi connectivity index (χ3n) is 3.72. The number of likely N-dealkylation sites (N-methyl/N-ethyl adjacent to an activating group) is 1. The van der Waals surface area contributed by atoms with Gasteiger partial charge in [0.25, 0.3) is 0 Å². The zero-order valence-electron chi connectivity index (χ0n) is 12.4. The van der Waals surface area contributed by atoms with Gasteiger partial charge in [0.1, 0.15) is 0 Å². The lowest BCUT2D eigenvalue weighted by molar-refractivity contribution is 0.109. The fourth-order valence-electron chi connectivity index (χ4n) is 2.58. The molecule has 0 aromatic heterocycles. The highest BCUT2D eigenvalue weighted by molar-refractivity contribution is 4.78. The van der Waals surface area contributed by atoms with Crippen molar-refractivity contribution >= 4 is 0 Å². The fourth-order valence-corrected chi connectivity index (χ4v) is 2.58. The smallest absolute Gasteiger partial charge is 0.0214 e. The second kappa shape index (κ2) is 7.34. The lowest BCUT2D eigenvalue weighted by atomic mass is 10.0. The fraction of sp³-hybridized carbons (Fsp3) is 1.00. The van der Waals surface area contributed by atoms with Gasteiger partial charge in [-0.25, -0.2) is 0 Å². The SMILES string of the molecule is CNC(CN1CCN(CC(C)C)CC1)C(C)C. The summed E-state index contributed by atoms with van der Waals surface area (Å²) < 4.78 is 0. The summed E-state index contributed by atoms with van der Waals surface area (Å²) in [5.74, 6) is 1.51. The van der Waals surface area contributed by atoms with Crippen LogP contribution in [0.2, 0.25) is 0 Å². The van der Waals surface area contributed by atoms with Gasteiger partial charge in [0, 0.05) is 45.3 Å². The molecule has 3 heteroatoms. The summed E-state index contributed by atoms with van der Waals surface area (Å²) in [7, 11) is 2.08. The second-order valence-corrected chi connectivity index (χ2v) is 6.13. The molecule has 17 heavy (non-hydrogen) atoms. The molecule has 1 unspecified atom stereocenters. The third kappa shape index (κ3) is 5.36. The molecule has 1 aliphatic heterocycles. The Kier molecular flexibility index (Phi) is 6.45. The maximum atomic E-state index is 3.44. The van der Waals surface area contributed by atoms with Crippen molar-refractivity contribution in [2.45, 2.75) is 33.7 Å². The first-order chi connectivity index (χ1) is 8.02. The van der Waals surface area contributed by atoms with Crippen LogP contribution in [0.25, 0.3) is 0 Å². The molecule has 102 valence electrons. The summed E-state index contributed by atoms with van der Waals surface area (Å²) >= 11 is 0. The minimum atomic E-state index is 0.631. The zero-order valence-corrected chi connectivity index (χ0v) is 12.4. The van der Waals surface area contributed by atoms with Crippen molar-refractivity contribution in [3.8, 4) is 0 Å². The van der Waals surface area contributed by atoms with Crippen LogP contribution in [0.4, 0.5) is 0 Å². The molecule has 0 radical (unpaired) electrons. The van der Waals surface area contributed by atoms with Crippen LogP contribution in [0.5, 0.6) is 0 Å². The highest BCUT2D eigenvalue weighted by atomic mass is 15.3. The predicted molar refractivity (Wildman–Crippen MR) is 75.4 cm³/mol. The van der Waals surface area contributed by atoms with Gasteiger partial charge in [0.05, 0.1) is 0 Å². The van der Waals surface area contributed by atoms with E-state index >= 15 is 0 Å². The van der Waals surface area contributed by atoms with Crippen LogP contribution in [0, 0.1) is 11.8 Å². The van der Waals surface area contributed by atoms with Crippen LogP contribution in [0.3, 0.4) is 0 Å². The molecule has 1 fully saturated rings. The van der Waals surface area contributed by atoms with Gasteiger partial charge in [-0.05, 0) is 18.9 Å². The van der Waals surface area contributed by atoms with E-state index in [0.717, 1.165) is 5.92 Å². The molecule has 0 aromatic carbocycles. The Morgan fingerprint density at radius 3 is 1.71 bits per heavy atom. The lowest BCUT2D eigenvalue weighted by Crippen LogP contribution is -2.51. The molecule has 1 N–H and O–H groups in total. The molecule has 3 nitrogen and oxygen atoms in total. The van der Waals surface area contributed by atoms with E-state index < -0.39 is 0 Å². The van der Waals surface area contributed by atoms with Crippen LogP contribution in [-0.4, -0.2) is 62.2 Å². The Bertz CT molecular complexity index is 196. The van der Waals surface area contributed by atoms with Crippen molar-refractivity contribution in [2.24, 2.45) is 11.8 Å². The maximum absolute atomic E-state index is 3.44. The van der Waals surface area contributed by atoms with Gasteiger partial charge in [-0.3, -0.25) is 4.90 Å². The Balaban J connectivity index is 2.27. The second-order valence-electron chi connectivity index (χ2n) is 6.13. The number of hydrogen-bond donors (Lipinski definition) is 1. The largest absolute Gasteiger partial charge is 0.315 e. The summed E-state index contributed by atoms with van der Waals surface area (Å²) in [4.78, 5) is 5.21. The van der Waals surface area contributed by atoms with Gasteiger partial charge in [-0.1, -0.05) is 27.7 Å². The van der Waals surface area contributed by atoms with Gasteiger partial charge in [0.2, 0.25) is 0 Å².